The van der Waals surface area contributed by atoms with Crippen molar-refractivity contribution >= 4 is 33.6 Å². The molecule has 174 valence electrons. The molecule has 2 aliphatic heterocycles. The molecule has 10 nitrogen and oxygen atoms in total. The largest absolute Gasteiger partial charge is 0.355 e. The molecule has 0 aliphatic carbocycles. The van der Waals surface area contributed by atoms with Gasteiger partial charge in [-0.25, -0.2) is 13.4 Å². The Balaban J connectivity index is 1.19. The molecule has 0 spiro atoms. The van der Waals surface area contributed by atoms with Crippen molar-refractivity contribution in [2.75, 3.05) is 49.9 Å². The molecule has 4 rings (SSSR count). The Morgan fingerprint density at radius 1 is 0.939 bits per heavy atom. The van der Waals surface area contributed by atoms with Crippen LogP contribution < -0.4 is 10.2 Å². The van der Waals surface area contributed by atoms with Crippen LogP contribution in [0.25, 0.3) is 0 Å². The number of benzene rings is 1. The van der Waals surface area contributed by atoms with Crippen LogP contribution in [0.15, 0.2) is 48.7 Å². The number of amides is 3. The molecular weight excluding hydrogens is 446 g/mol. The lowest BCUT2D eigenvalue weighted by molar-refractivity contribution is -0.121. The quantitative estimate of drug-likeness (QED) is 0.435. The van der Waals surface area contributed by atoms with Crippen molar-refractivity contribution in [3.05, 3.63) is 59.8 Å². The average Bonchev–Trinajstić information content (AvgIpc) is 3.07. The molecule has 1 aromatic heterocycles. The number of hydrogen-bond donors (Lipinski definition) is 1. The summed E-state index contributed by atoms with van der Waals surface area (Å²) >= 11 is 0. The monoisotopic (exact) mass is 471 g/mol. The van der Waals surface area contributed by atoms with Crippen molar-refractivity contribution in [3.8, 4) is 0 Å². The van der Waals surface area contributed by atoms with E-state index in [-0.39, 0.29) is 29.8 Å². The van der Waals surface area contributed by atoms with Gasteiger partial charge in [-0.3, -0.25) is 19.3 Å². The second kappa shape index (κ2) is 9.67. The SMILES string of the molecule is O=C(CN1C(=O)c2ccccc2C1=O)NCCCS(=O)(=O)N1CCN(c2ccccn2)CC1. The highest BCUT2D eigenvalue weighted by Gasteiger charge is 2.36. The second-order valence-corrected chi connectivity index (χ2v) is 9.92. The fraction of sp³-hybridized carbons (Fsp3) is 0.364. The minimum atomic E-state index is -3.45. The Hall–Kier alpha value is -3.31. The normalized spacial score (nSPS) is 16.7. The lowest BCUT2D eigenvalue weighted by atomic mass is 10.1. The van der Waals surface area contributed by atoms with E-state index in [0.29, 0.717) is 26.2 Å². The maximum atomic E-state index is 12.6. The van der Waals surface area contributed by atoms with Gasteiger partial charge in [0.25, 0.3) is 11.8 Å². The zero-order chi connectivity index (χ0) is 23.4. The summed E-state index contributed by atoms with van der Waals surface area (Å²) in [6.45, 7) is 1.63. The van der Waals surface area contributed by atoms with E-state index in [0.717, 1.165) is 10.7 Å². The third-order valence-corrected chi connectivity index (χ3v) is 7.64. The van der Waals surface area contributed by atoms with E-state index in [1.165, 1.54) is 4.31 Å². The van der Waals surface area contributed by atoms with Crippen LogP contribution in [-0.4, -0.2) is 85.3 Å². The van der Waals surface area contributed by atoms with Crippen LogP contribution in [-0.2, 0) is 14.8 Å². The van der Waals surface area contributed by atoms with Gasteiger partial charge in [0.2, 0.25) is 15.9 Å². The molecule has 2 aromatic rings. The molecule has 1 fully saturated rings. The Bertz CT molecular complexity index is 1110. The van der Waals surface area contributed by atoms with Gasteiger partial charge in [-0.2, -0.15) is 4.31 Å². The van der Waals surface area contributed by atoms with Gasteiger partial charge in [0.1, 0.15) is 12.4 Å². The number of imide groups is 1. The van der Waals surface area contributed by atoms with Crippen LogP contribution in [0, 0.1) is 0 Å². The van der Waals surface area contributed by atoms with Crippen LogP contribution in [0.1, 0.15) is 27.1 Å². The molecule has 0 atom stereocenters. The molecular formula is C22H25N5O5S. The molecule has 11 heteroatoms. The standard InChI is InChI=1S/C22H25N5O5S/c28-20(16-27-21(29)17-6-1-2-7-18(17)22(27)30)24-10-5-15-33(31,32)26-13-11-25(12-14-26)19-8-3-4-9-23-19/h1-4,6-9H,5,10-16H2,(H,24,28). The molecule has 33 heavy (non-hydrogen) atoms. The predicted molar refractivity (Wildman–Crippen MR) is 121 cm³/mol. The van der Waals surface area contributed by atoms with Gasteiger partial charge in [0, 0.05) is 38.9 Å². The zero-order valence-electron chi connectivity index (χ0n) is 18.0. The van der Waals surface area contributed by atoms with Crippen molar-refractivity contribution in [1.82, 2.24) is 19.5 Å². The first-order chi connectivity index (χ1) is 15.9. The predicted octanol–water partition coefficient (Wildman–Crippen LogP) is 0.336. The van der Waals surface area contributed by atoms with Gasteiger partial charge in [0.15, 0.2) is 0 Å². The highest BCUT2D eigenvalue weighted by Crippen LogP contribution is 2.22. The Morgan fingerprint density at radius 2 is 1.58 bits per heavy atom. The van der Waals surface area contributed by atoms with E-state index in [1.807, 2.05) is 23.1 Å². The number of carbonyl (C=O) groups is 3. The van der Waals surface area contributed by atoms with E-state index in [4.69, 9.17) is 0 Å². The van der Waals surface area contributed by atoms with Crippen LogP contribution >= 0.6 is 0 Å². The number of anilines is 1. The number of fused-ring (bicyclic) bond motifs is 1. The molecule has 2 aliphatic rings. The zero-order valence-corrected chi connectivity index (χ0v) is 18.8. The average molecular weight is 472 g/mol. The molecule has 1 aromatic carbocycles. The Kier molecular flexibility index (Phi) is 6.70. The van der Waals surface area contributed by atoms with Crippen molar-refractivity contribution in [2.45, 2.75) is 6.42 Å². The molecule has 0 saturated carbocycles. The van der Waals surface area contributed by atoms with Crippen molar-refractivity contribution in [2.24, 2.45) is 0 Å². The topological polar surface area (TPSA) is 120 Å². The van der Waals surface area contributed by atoms with Gasteiger partial charge in [-0.15, -0.1) is 0 Å². The summed E-state index contributed by atoms with van der Waals surface area (Å²) in [7, 11) is -3.45. The lowest BCUT2D eigenvalue weighted by Gasteiger charge is -2.34. The molecule has 3 amide bonds. The van der Waals surface area contributed by atoms with E-state index >= 15 is 0 Å². The summed E-state index contributed by atoms with van der Waals surface area (Å²) in [6.07, 6.45) is 1.94. The fourth-order valence-corrected chi connectivity index (χ4v) is 5.42. The van der Waals surface area contributed by atoms with Crippen molar-refractivity contribution < 1.29 is 22.8 Å². The van der Waals surface area contributed by atoms with Gasteiger partial charge in [-0.05, 0) is 30.7 Å². The lowest BCUT2D eigenvalue weighted by Crippen LogP contribution is -2.49. The summed E-state index contributed by atoms with van der Waals surface area (Å²) in [5.74, 6) is -0.776. The second-order valence-electron chi connectivity index (χ2n) is 7.84. The highest BCUT2D eigenvalue weighted by molar-refractivity contribution is 7.89. The number of pyridine rings is 1. The molecule has 1 saturated heterocycles. The first-order valence-electron chi connectivity index (χ1n) is 10.7. The summed E-state index contributed by atoms with van der Waals surface area (Å²) in [4.78, 5) is 44.1. The number of piperazine rings is 1. The number of nitrogens with zero attached hydrogens (tertiary/aromatic N) is 4. The molecule has 0 bridgehead atoms. The van der Waals surface area contributed by atoms with Gasteiger partial charge < -0.3 is 10.2 Å². The van der Waals surface area contributed by atoms with E-state index in [9.17, 15) is 22.8 Å². The highest BCUT2D eigenvalue weighted by atomic mass is 32.2. The first-order valence-corrected chi connectivity index (χ1v) is 12.3. The summed E-state index contributed by atoms with van der Waals surface area (Å²) in [5.41, 5.74) is 0.564. The van der Waals surface area contributed by atoms with E-state index in [1.54, 1.807) is 30.5 Å². The third-order valence-electron chi connectivity index (χ3n) is 5.69. The number of aromatic nitrogens is 1. The van der Waals surface area contributed by atoms with Gasteiger partial charge in [0.05, 0.1) is 16.9 Å². The van der Waals surface area contributed by atoms with E-state index < -0.39 is 34.3 Å². The number of hydrogen-bond acceptors (Lipinski definition) is 7. The van der Waals surface area contributed by atoms with Gasteiger partial charge in [-0.1, -0.05) is 18.2 Å². The molecule has 0 radical (unpaired) electrons. The number of sulfonamides is 1. The minimum Gasteiger partial charge on any atom is -0.355 e. The summed E-state index contributed by atoms with van der Waals surface area (Å²) < 4.78 is 26.8. The maximum absolute atomic E-state index is 12.6. The number of carbonyl (C=O) groups excluding carboxylic acids is 3. The molecule has 3 heterocycles. The fourth-order valence-electron chi connectivity index (χ4n) is 3.93. The van der Waals surface area contributed by atoms with E-state index in [2.05, 4.69) is 10.3 Å². The van der Waals surface area contributed by atoms with Crippen molar-refractivity contribution in [1.29, 1.82) is 0 Å². The maximum Gasteiger partial charge on any atom is 0.262 e. The first kappa shape index (κ1) is 22.9. The van der Waals surface area contributed by atoms with Crippen LogP contribution in [0.2, 0.25) is 0 Å². The smallest absolute Gasteiger partial charge is 0.262 e. The molecule has 1 N–H and O–H groups in total. The van der Waals surface area contributed by atoms with Crippen LogP contribution in [0.5, 0.6) is 0 Å². The summed E-state index contributed by atoms with van der Waals surface area (Å²) in [5, 5.41) is 2.60. The van der Waals surface area contributed by atoms with Crippen molar-refractivity contribution in [3.63, 3.8) is 0 Å². The Labute approximate surface area is 192 Å². The third kappa shape index (κ3) is 5.04. The minimum absolute atomic E-state index is 0.0934. The summed E-state index contributed by atoms with van der Waals surface area (Å²) in [6, 6.07) is 12.0. The number of nitrogens with one attached hydrogen (secondary N) is 1. The Morgan fingerprint density at radius 3 is 2.18 bits per heavy atom. The van der Waals surface area contributed by atoms with Gasteiger partial charge >= 0.3 is 0 Å². The van der Waals surface area contributed by atoms with Crippen LogP contribution in [0.3, 0.4) is 0 Å². The van der Waals surface area contributed by atoms with Crippen LogP contribution in [0.4, 0.5) is 5.82 Å². The number of rotatable bonds is 8. The molecule has 0 unspecified atom stereocenters.